The third kappa shape index (κ3) is 4.03. The highest BCUT2D eigenvalue weighted by molar-refractivity contribution is 7.93. The lowest BCUT2D eigenvalue weighted by atomic mass is 10.2. The Morgan fingerprint density at radius 3 is 2.80 bits per heavy atom. The van der Waals surface area contributed by atoms with Gasteiger partial charge >= 0.3 is 0 Å². The molecule has 12 heteroatoms. The molecule has 156 valence electrons. The minimum atomic E-state index is -3.04. The van der Waals surface area contributed by atoms with Gasteiger partial charge in [0.15, 0.2) is 0 Å². The van der Waals surface area contributed by atoms with Crippen molar-refractivity contribution in [1.29, 1.82) is 0 Å². The van der Waals surface area contributed by atoms with Gasteiger partial charge in [-0.15, -0.1) is 5.10 Å². The summed E-state index contributed by atoms with van der Waals surface area (Å²) < 4.78 is 45.3. The number of carbonyl (C=O) groups excluding carboxylic acids is 2. The molecule has 1 aliphatic heterocycles. The molecule has 4 rings (SSSR count). The lowest BCUT2D eigenvalue weighted by Crippen LogP contribution is -2.34. The molecule has 1 aliphatic rings. The summed E-state index contributed by atoms with van der Waals surface area (Å²) in [6.07, 6.45) is 3.45. The predicted octanol–water partition coefficient (Wildman–Crippen LogP) is 1.56. The largest absolute Gasteiger partial charge is 0.335 e. The average molecular weight is 434 g/mol. The highest BCUT2D eigenvalue weighted by Gasteiger charge is 2.26. The zero-order valence-electron chi connectivity index (χ0n) is 15.6. The van der Waals surface area contributed by atoms with Crippen molar-refractivity contribution in [2.75, 3.05) is 24.6 Å². The molecule has 2 amide bonds. The minimum Gasteiger partial charge on any atom is -0.335 e. The Balaban J connectivity index is 1.53. The van der Waals surface area contributed by atoms with Gasteiger partial charge in [0.1, 0.15) is 11.6 Å². The number of hydrogen-bond donors (Lipinski definition) is 0. The number of benzene rings is 1. The van der Waals surface area contributed by atoms with Crippen LogP contribution in [0.4, 0.5) is 8.78 Å². The van der Waals surface area contributed by atoms with E-state index < -0.39 is 38.7 Å². The summed E-state index contributed by atoms with van der Waals surface area (Å²) in [5.41, 5.74) is -0.573. The van der Waals surface area contributed by atoms with Crippen LogP contribution in [0.25, 0.3) is 5.78 Å². The SMILES string of the molecule is O=C(N=S1(=O)CCCN(C(=O)c2nc3ncccn3n2)CC1)c1cc(F)ccc1F. The molecule has 1 unspecified atom stereocenters. The fourth-order valence-electron chi connectivity index (χ4n) is 3.07. The zero-order chi connectivity index (χ0) is 21.3. The number of rotatable bonds is 2. The number of nitrogens with zero attached hydrogens (tertiary/aromatic N) is 6. The maximum Gasteiger partial charge on any atom is 0.293 e. The maximum absolute atomic E-state index is 13.8. The van der Waals surface area contributed by atoms with Crippen LogP contribution in [0.3, 0.4) is 0 Å². The van der Waals surface area contributed by atoms with Crippen LogP contribution in [0.2, 0.25) is 0 Å². The second kappa shape index (κ2) is 7.86. The molecule has 1 saturated heterocycles. The Labute approximate surface area is 169 Å². The number of amides is 2. The number of aromatic nitrogens is 4. The van der Waals surface area contributed by atoms with Gasteiger partial charge in [-0.05, 0) is 30.7 Å². The molecule has 0 bridgehead atoms. The van der Waals surface area contributed by atoms with Crippen molar-refractivity contribution in [3.05, 3.63) is 59.7 Å². The Bertz CT molecular complexity index is 1230. The first-order valence-electron chi connectivity index (χ1n) is 9.03. The normalized spacial score (nSPS) is 19.5. The van der Waals surface area contributed by atoms with Gasteiger partial charge in [-0.25, -0.2) is 22.5 Å². The summed E-state index contributed by atoms with van der Waals surface area (Å²) in [7, 11) is -3.04. The Hall–Kier alpha value is -3.28. The van der Waals surface area contributed by atoms with Crippen molar-refractivity contribution in [2.24, 2.45) is 4.36 Å². The van der Waals surface area contributed by atoms with E-state index in [9.17, 15) is 22.6 Å². The third-order valence-corrected chi connectivity index (χ3v) is 6.82. The number of hydrogen-bond acceptors (Lipinski definition) is 6. The third-order valence-electron chi connectivity index (χ3n) is 4.57. The quantitative estimate of drug-likeness (QED) is 0.605. The van der Waals surface area contributed by atoms with Gasteiger partial charge in [-0.1, -0.05) is 0 Å². The smallest absolute Gasteiger partial charge is 0.293 e. The van der Waals surface area contributed by atoms with Gasteiger partial charge in [-0.3, -0.25) is 9.59 Å². The molecule has 9 nitrogen and oxygen atoms in total. The van der Waals surface area contributed by atoms with Gasteiger partial charge < -0.3 is 4.90 Å². The Morgan fingerprint density at radius 1 is 1.17 bits per heavy atom. The van der Waals surface area contributed by atoms with E-state index in [1.54, 1.807) is 12.3 Å². The molecule has 30 heavy (non-hydrogen) atoms. The second-order valence-electron chi connectivity index (χ2n) is 6.65. The lowest BCUT2D eigenvalue weighted by molar-refractivity contribution is 0.0756. The average Bonchev–Trinajstić information content (AvgIpc) is 3.06. The van der Waals surface area contributed by atoms with Crippen LogP contribution in [0.5, 0.6) is 0 Å². The van der Waals surface area contributed by atoms with E-state index in [4.69, 9.17) is 0 Å². The fourth-order valence-corrected chi connectivity index (χ4v) is 4.94. The molecule has 3 heterocycles. The first-order valence-corrected chi connectivity index (χ1v) is 10.9. The van der Waals surface area contributed by atoms with Crippen molar-refractivity contribution in [3.63, 3.8) is 0 Å². The second-order valence-corrected chi connectivity index (χ2v) is 9.19. The van der Waals surface area contributed by atoms with Crippen LogP contribution < -0.4 is 0 Å². The van der Waals surface area contributed by atoms with Crippen molar-refractivity contribution >= 4 is 27.3 Å². The number of carbonyl (C=O) groups is 2. The molecule has 0 aliphatic carbocycles. The topological polar surface area (TPSA) is 110 Å². The number of fused-ring (bicyclic) bond motifs is 1. The van der Waals surface area contributed by atoms with Gasteiger partial charge in [0, 0.05) is 37.0 Å². The standard InChI is InChI=1S/C18H16F2N6O3S/c19-12-3-4-14(20)13(11-12)16(27)24-30(29)9-2-6-25(8-10-30)17(28)15-22-18-21-5-1-7-26(18)23-15/h1,3-5,7,11H,2,6,8-10H2. The summed E-state index contributed by atoms with van der Waals surface area (Å²) in [4.78, 5) is 34.5. The van der Waals surface area contributed by atoms with Crippen molar-refractivity contribution < 1.29 is 22.6 Å². The number of halogens is 2. The fraction of sp³-hybridized carbons (Fsp3) is 0.278. The molecule has 0 spiro atoms. The summed E-state index contributed by atoms with van der Waals surface area (Å²) in [6, 6.07) is 4.07. The Morgan fingerprint density at radius 2 is 2.00 bits per heavy atom. The first-order chi connectivity index (χ1) is 14.3. The van der Waals surface area contributed by atoms with Gasteiger partial charge in [0.2, 0.25) is 5.82 Å². The summed E-state index contributed by atoms with van der Waals surface area (Å²) in [5.74, 6) is -3.06. The van der Waals surface area contributed by atoms with Crippen LogP contribution in [-0.2, 0) is 9.73 Å². The monoisotopic (exact) mass is 434 g/mol. The van der Waals surface area contributed by atoms with E-state index in [1.165, 1.54) is 15.6 Å². The van der Waals surface area contributed by atoms with E-state index in [-0.39, 0.29) is 36.2 Å². The van der Waals surface area contributed by atoms with Crippen molar-refractivity contribution in [2.45, 2.75) is 6.42 Å². The van der Waals surface area contributed by atoms with E-state index in [1.807, 2.05) is 0 Å². The van der Waals surface area contributed by atoms with E-state index in [2.05, 4.69) is 19.4 Å². The Kier molecular flexibility index (Phi) is 5.24. The summed E-state index contributed by atoms with van der Waals surface area (Å²) in [5, 5.41) is 4.09. The highest BCUT2D eigenvalue weighted by Crippen LogP contribution is 2.15. The molecule has 3 aromatic rings. The van der Waals surface area contributed by atoms with Crippen LogP contribution in [0.15, 0.2) is 41.0 Å². The van der Waals surface area contributed by atoms with Gasteiger partial charge in [0.25, 0.3) is 17.6 Å². The van der Waals surface area contributed by atoms with Crippen LogP contribution in [-0.4, -0.2) is 65.1 Å². The molecular formula is C18H16F2N6O3S. The van der Waals surface area contributed by atoms with E-state index in [0.29, 0.717) is 6.42 Å². The molecule has 1 fully saturated rings. The van der Waals surface area contributed by atoms with E-state index >= 15 is 0 Å². The molecule has 1 atom stereocenters. The molecule has 0 N–H and O–H groups in total. The zero-order valence-corrected chi connectivity index (χ0v) is 16.4. The molecule has 0 radical (unpaired) electrons. The lowest BCUT2D eigenvalue weighted by Gasteiger charge is -2.17. The highest BCUT2D eigenvalue weighted by atomic mass is 32.2. The van der Waals surface area contributed by atoms with Gasteiger partial charge in [0.05, 0.1) is 15.3 Å². The van der Waals surface area contributed by atoms with Crippen LogP contribution in [0, 0.1) is 11.6 Å². The summed E-state index contributed by atoms with van der Waals surface area (Å²) in [6.45, 7) is 0.333. The first kappa shape index (κ1) is 20.0. The van der Waals surface area contributed by atoms with Gasteiger partial charge in [-0.2, -0.15) is 9.35 Å². The molecular weight excluding hydrogens is 418 g/mol. The predicted molar refractivity (Wildman–Crippen MR) is 102 cm³/mol. The summed E-state index contributed by atoms with van der Waals surface area (Å²) >= 11 is 0. The van der Waals surface area contributed by atoms with Crippen molar-refractivity contribution in [3.8, 4) is 0 Å². The van der Waals surface area contributed by atoms with Crippen LogP contribution in [0.1, 0.15) is 27.4 Å². The van der Waals surface area contributed by atoms with E-state index in [0.717, 1.165) is 18.2 Å². The van der Waals surface area contributed by atoms with Crippen LogP contribution >= 0.6 is 0 Å². The molecule has 0 saturated carbocycles. The van der Waals surface area contributed by atoms with Crippen molar-refractivity contribution in [1.82, 2.24) is 24.5 Å². The molecule has 1 aromatic carbocycles. The minimum absolute atomic E-state index is 0.0445. The molecule has 2 aromatic heterocycles. The maximum atomic E-state index is 13.8.